The van der Waals surface area contributed by atoms with Crippen LogP contribution in [-0.4, -0.2) is 5.91 Å². The third-order valence-electron chi connectivity index (χ3n) is 4.94. The predicted octanol–water partition coefficient (Wildman–Crippen LogP) is 5.68. The lowest BCUT2D eigenvalue weighted by Crippen LogP contribution is -2.26. The van der Waals surface area contributed by atoms with E-state index in [1.165, 1.54) is 4.88 Å². The summed E-state index contributed by atoms with van der Waals surface area (Å²) in [6.45, 7) is 6.81. The largest absolute Gasteiger partial charge is 0.312 e. The molecule has 0 radical (unpaired) electrons. The third-order valence-corrected chi connectivity index (χ3v) is 6.36. The first-order valence-electron chi connectivity index (χ1n) is 8.41. The Morgan fingerprint density at radius 3 is 2.60 bits per heavy atom. The molecule has 0 saturated heterocycles. The molecule has 1 aliphatic rings. The topological polar surface area (TPSA) is 52.9 Å². The standard InChI is InChI=1S/C20H21ClN2OS/c1-20(2,3)13-6-9-15-16(11-22)19(25-17(15)10-13)23-18(24)12-4-7-14(21)8-5-12/h4-5,7-8,13H,6,9-10H2,1-3H3,(H,23,24). The number of rotatable bonds is 2. The molecular formula is C20H21ClN2OS. The number of nitrogens with one attached hydrogen (secondary N) is 1. The Morgan fingerprint density at radius 1 is 1.32 bits per heavy atom. The number of nitriles is 1. The molecule has 130 valence electrons. The van der Waals surface area contributed by atoms with Crippen LogP contribution in [0.3, 0.4) is 0 Å². The van der Waals surface area contributed by atoms with Crippen molar-refractivity contribution in [3.8, 4) is 6.07 Å². The first-order valence-corrected chi connectivity index (χ1v) is 9.60. The Kier molecular flexibility index (Phi) is 4.90. The molecule has 1 amide bonds. The molecule has 1 aromatic carbocycles. The van der Waals surface area contributed by atoms with E-state index in [0.717, 1.165) is 24.8 Å². The van der Waals surface area contributed by atoms with Crippen LogP contribution < -0.4 is 5.32 Å². The van der Waals surface area contributed by atoms with Crippen LogP contribution in [0.2, 0.25) is 5.02 Å². The number of halogens is 1. The summed E-state index contributed by atoms with van der Waals surface area (Å²) in [6, 6.07) is 9.05. The van der Waals surface area contributed by atoms with Crippen molar-refractivity contribution in [3.05, 3.63) is 50.9 Å². The smallest absolute Gasteiger partial charge is 0.256 e. The maximum atomic E-state index is 12.5. The Morgan fingerprint density at radius 2 is 2.00 bits per heavy atom. The maximum Gasteiger partial charge on any atom is 0.256 e. The van der Waals surface area contributed by atoms with Crippen molar-refractivity contribution in [1.29, 1.82) is 5.26 Å². The Hall–Kier alpha value is -1.83. The zero-order valence-corrected chi connectivity index (χ0v) is 16.2. The van der Waals surface area contributed by atoms with Crippen molar-refractivity contribution in [2.45, 2.75) is 40.0 Å². The van der Waals surface area contributed by atoms with Gasteiger partial charge in [0, 0.05) is 15.5 Å². The summed E-state index contributed by atoms with van der Waals surface area (Å²) in [5, 5.41) is 13.8. The third kappa shape index (κ3) is 3.73. The molecule has 3 rings (SSSR count). The molecule has 1 N–H and O–H groups in total. The average molecular weight is 373 g/mol. The molecule has 0 saturated carbocycles. The summed E-state index contributed by atoms with van der Waals surface area (Å²) in [5.74, 6) is 0.393. The van der Waals surface area contributed by atoms with Gasteiger partial charge in [0.2, 0.25) is 0 Å². The lowest BCUT2D eigenvalue weighted by molar-refractivity contribution is 0.102. The van der Waals surface area contributed by atoms with Crippen molar-refractivity contribution in [2.24, 2.45) is 11.3 Å². The Balaban J connectivity index is 1.86. The van der Waals surface area contributed by atoms with Crippen LogP contribution in [0.4, 0.5) is 5.00 Å². The fourth-order valence-corrected chi connectivity index (χ4v) is 4.71. The van der Waals surface area contributed by atoms with Crippen LogP contribution >= 0.6 is 22.9 Å². The highest BCUT2D eigenvalue weighted by atomic mass is 35.5. The SMILES string of the molecule is CC(C)(C)C1CCc2c(sc(NC(=O)c3ccc(Cl)cc3)c2C#N)C1. The van der Waals surface area contributed by atoms with Gasteiger partial charge in [0.1, 0.15) is 11.1 Å². The number of fused-ring (bicyclic) bond motifs is 1. The fraction of sp³-hybridized carbons (Fsp3) is 0.400. The van der Waals surface area contributed by atoms with E-state index in [-0.39, 0.29) is 11.3 Å². The van der Waals surface area contributed by atoms with Crippen LogP contribution in [0.15, 0.2) is 24.3 Å². The second-order valence-corrected chi connectivity index (χ2v) is 9.13. The highest BCUT2D eigenvalue weighted by molar-refractivity contribution is 7.16. The summed E-state index contributed by atoms with van der Waals surface area (Å²) in [4.78, 5) is 13.7. The number of thiophene rings is 1. The Bertz CT molecular complexity index is 840. The van der Waals surface area contributed by atoms with Crippen LogP contribution in [0, 0.1) is 22.7 Å². The van der Waals surface area contributed by atoms with E-state index in [4.69, 9.17) is 11.6 Å². The highest BCUT2D eigenvalue weighted by Crippen LogP contribution is 2.44. The molecule has 1 aliphatic carbocycles. The minimum atomic E-state index is -0.209. The van der Waals surface area contributed by atoms with E-state index < -0.39 is 0 Å². The monoisotopic (exact) mass is 372 g/mol. The molecule has 0 bridgehead atoms. The van der Waals surface area contributed by atoms with Gasteiger partial charge in [0.15, 0.2) is 0 Å². The van der Waals surface area contributed by atoms with E-state index >= 15 is 0 Å². The first-order chi connectivity index (χ1) is 11.8. The summed E-state index contributed by atoms with van der Waals surface area (Å²) >= 11 is 7.42. The normalized spacial score (nSPS) is 16.8. The van der Waals surface area contributed by atoms with Crippen molar-refractivity contribution in [1.82, 2.24) is 0 Å². The van der Waals surface area contributed by atoms with Gasteiger partial charge in [0.25, 0.3) is 5.91 Å². The van der Waals surface area contributed by atoms with Gasteiger partial charge < -0.3 is 5.32 Å². The maximum absolute atomic E-state index is 12.5. The Labute approximate surface area is 157 Å². The van der Waals surface area contributed by atoms with E-state index in [2.05, 4.69) is 32.2 Å². The van der Waals surface area contributed by atoms with Crippen LogP contribution in [0.25, 0.3) is 0 Å². The minimum Gasteiger partial charge on any atom is -0.312 e. The van der Waals surface area contributed by atoms with Crippen LogP contribution in [-0.2, 0) is 12.8 Å². The van der Waals surface area contributed by atoms with Gasteiger partial charge in [-0.1, -0.05) is 32.4 Å². The second kappa shape index (κ2) is 6.82. The molecule has 3 nitrogen and oxygen atoms in total. The number of hydrogen-bond donors (Lipinski definition) is 1. The lowest BCUT2D eigenvalue weighted by atomic mass is 9.72. The molecule has 1 unspecified atom stereocenters. The molecule has 0 aliphatic heterocycles. The zero-order chi connectivity index (χ0) is 18.2. The van der Waals surface area contributed by atoms with Gasteiger partial charge in [-0.25, -0.2) is 0 Å². The van der Waals surface area contributed by atoms with Gasteiger partial charge in [-0.2, -0.15) is 5.26 Å². The van der Waals surface area contributed by atoms with Gasteiger partial charge in [-0.15, -0.1) is 11.3 Å². The summed E-state index contributed by atoms with van der Waals surface area (Å²) < 4.78 is 0. The average Bonchev–Trinajstić information content (AvgIpc) is 2.90. The van der Waals surface area contributed by atoms with E-state index in [9.17, 15) is 10.1 Å². The molecule has 1 aromatic heterocycles. The first kappa shape index (κ1) is 18.0. The van der Waals surface area contributed by atoms with Crippen molar-refractivity contribution >= 4 is 33.8 Å². The van der Waals surface area contributed by atoms with E-state index in [1.807, 2.05) is 0 Å². The van der Waals surface area contributed by atoms with Crippen LogP contribution in [0.5, 0.6) is 0 Å². The molecule has 1 heterocycles. The number of amides is 1. The minimum absolute atomic E-state index is 0.209. The summed E-state index contributed by atoms with van der Waals surface area (Å²) in [7, 11) is 0. The number of carbonyl (C=O) groups excluding carboxylic acids is 1. The lowest BCUT2D eigenvalue weighted by Gasteiger charge is -2.33. The van der Waals surface area contributed by atoms with E-state index in [1.54, 1.807) is 35.6 Å². The predicted molar refractivity (Wildman–Crippen MR) is 103 cm³/mol. The second-order valence-electron chi connectivity index (χ2n) is 7.59. The molecule has 1 atom stereocenters. The number of carbonyl (C=O) groups is 1. The van der Waals surface area contributed by atoms with E-state index in [0.29, 0.717) is 27.1 Å². The molecule has 5 heteroatoms. The fourth-order valence-electron chi connectivity index (χ4n) is 3.31. The van der Waals surface area contributed by atoms with Gasteiger partial charge in [0.05, 0.1) is 5.56 Å². The number of benzene rings is 1. The molecule has 25 heavy (non-hydrogen) atoms. The highest BCUT2D eigenvalue weighted by Gasteiger charge is 2.32. The zero-order valence-electron chi connectivity index (χ0n) is 14.6. The van der Waals surface area contributed by atoms with Gasteiger partial charge in [-0.3, -0.25) is 4.79 Å². The quantitative estimate of drug-likeness (QED) is 0.737. The molecule has 2 aromatic rings. The van der Waals surface area contributed by atoms with Crippen LogP contribution in [0.1, 0.15) is 53.6 Å². The summed E-state index contributed by atoms with van der Waals surface area (Å²) in [5.41, 5.74) is 2.54. The number of anilines is 1. The van der Waals surface area contributed by atoms with Gasteiger partial charge >= 0.3 is 0 Å². The number of hydrogen-bond acceptors (Lipinski definition) is 3. The summed E-state index contributed by atoms with van der Waals surface area (Å²) in [6.07, 6.45) is 2.98. The van der Waals surface area contributed by atoms with Crippen molar-refractivity contribution < 1.29 is 4.79 Å². The van der Waals surface area contributed by atoms with Gasteiger partial charge in [-0.05, 0) is 60.4 Å². The number of nitrogens with zero attached hydrogens (tertiary/aromatic N) is 1. The van der Waals surface area contributed by atoms with Crippen molar-refractivity contribution in [3.63, 3.8) is 0 Å². The molecule has 0 fully saturated rings. The molecule has 0 spiro atoms. The molecular weight excluding hydrogens is 352 g/mol. The van der Waals surface area contributed by atoms with Crippen molar-refractivity contribution in [2.75, 3.05) is 5.32 Å².